The number of halogens is 1. The highest BCUT2D eigenvalue weighted by atomic mass is 32.1. The number of phenolic OH excluding ortho intramolecular Hbond substituents is 1. The Bertz CT molecular complexity index is 1550. The lowest BCUT2D eigenvalue weighted by molar-refractivity contribution is -0.123. The zero-order chi connectivity index (χ0) is 28.5. The molecule has 1 amide bonds. The van der Waals surface area contributed by atoms with Gasteiger partial charge in [0.15, 0.2) is 5.78 Å². The molecule has 0 saturated carbocycles. The van der Waals surface area contributed by atoms with Crippen molar-refractivity contribution in [3.63, 3.8) is 0 Å². The molecule has 0 bridgehead atoms. The van der Waals surface area contributed by atoms with Gasteiger partial charge in [0.1, 0.15) is 27.5 Å². The Morgan fingerprint density at radius 1 is 1.15 bits per heavy atom. The number of benzene rings is 2. The number of thiazole rings is 2. The summed E-state index contributed by atoms with van der Waals surface area (Å²) >= 11 is 2.77. The largest absolute Gasteiger partial charge is 0.508 e. The minimum absolute atomic E-state index is 0.0974. The van der Waals surface area contributed by atoms with Crippen LogP contribution in [0.3, 0.4) is 0 Å². The lowest BCUT2D eigenvalue weighted by Crippen LogP contribution is -2.43. The second-order valence-electron chi connectivity index (χ2n) is 10.7. The fourth-order valence-electron chi connectivity index (χ4n) is 5.76. The Morgan fingerprint density at radius 3 is 2.66 bits per heavy atom. The van der Waals surface area contributed by atoms with Crippen LogP contribution in [-0.2, 0) is 17.6 Å². The minimum atomic E-state index is -1.11. The van der Waals surface area contributed by atoms with E-state index in [1.165, 1.54) is 39.2 Å². The molecule has 1 fully saturated rings. The molecule has 0 spiro atoms. The number of carbonyl (C=O) groups is 2. The number of amides is 1. The Labute approximate surface area is 246 Å². The molecule has 2 aliphatic rings. The fourth-order valence-corrected chi connectivity index (χ4v) is 7.45. The summed E-state index contributed by atoms with van der Waals surface area (Å²) in [5.41, 5.74) is 3.10. The fraction of sp³-hybridized carbons (Fsp3) is 0.355. The standard InChI is InChI=1S/C31H31FN4O3S2/c1-35-14-10-20(11-15-35)19-2-4-21(5-3-19)30-34-24-12-16-36(31(39)29(24)41-30)28(23-18-22(32)6-7-25(23)37)26(38)8-9-27-33-13-17-40-27/h2-7,13,17-18,20,28,37H,8-12,14-16H2,1H3. The Balaban J connectivity index is 1.25. The number of hydrogen-bond acceptors (Lipinski definition) is 8. The van der Waals surface area contributed by atoms with Crippen molar-refractivity contribution in [3.05, 3.63) is 86.6 Å². The third kappa shape index (κ3) is 5.82. The molecule has 2 aromatic heterocycles. The molecular formula is C31H31FN4O3S2. The van der Waals surface area contributed by atoms with Gasteiger partial charge in [0.2, 0.25) is 0 Å². The first-order chi connectivity index (χ1) is 19.9. The van der Waals surface area contributed by atoms with Crippen LogP contribution in [0, 0.1) is 5.82 Å². The minimum Gasteiger partial charge on any atom is -0.508 e. The van der Waals surface area contributed by atoms with Crippen LogP contribution in [-0.4, -0.2) is 63.2 Å². The van der Waals surface area contributed by atoms with Crippen molar-refractivity contribution >= 4 is 34.4 Å². The number of phenols is 1. The predicted molar refractivity (Wildman–Crippen MR) is 158 cm³/mol. The topological polar surface area (TPSA) is 86.6 Å². The van der Waals surface area contributed by atoms with E-state index >= 15 is 0 Å². The summed E-state index contributed by atoms with van der Waals surface area (Å²) in [5.74, 6) is -0.831. The van der Waals surface area contributed by atoms with E-state index in [9.17, 15) is 19.1 Å². The summed E-state index contributed by atoms with van der Waals surface area (Å²) < 4.78 is 14.3. The highest BCUT2D eigenvalue weighted by molar-refractivity contribution is 7.17. The van der Waals surface area contributed by atoms with Crippen LogP contribution in [0.25, 0.3) is 10.6 Å². The van der Waals surface area contributed by atoms with Crippen LogP contribution in [0.4, 0.5) is 4.39 Å². The molecule has 4 heterocycles. The third-order valence-electron chi connectivity index (χ3n) is 8.06. The smallest absolute Gasteiger partial charge is 0.266 e. The molecular weight excluding hydrogens is 559 g/mol. The van der Waals surface area contributed by atoms with Gasteiger partial charge in [-0.1, -0.05) is 24.3 Å². The summed E-state index contributed by atoms with van der Waals surface area (Å²) in [6.07, 6.45) is 4.97. The molecule has 4 aromatic rings. The van der Waals surface area contributed by atoms with Crippen LogP contribution in [0.2, 0.25) is 0 Å². The molecule has 0 aliphatic carbocycles. The average Bonchev–Trinajstić information content (AvgIpc) is 3.66. The molecule has 1 atom stereocenters. The first kappa shape index (κ1) is 27.7. The van der Waals surface area contributed by atoms with E-state index in [2.05, 4.69) is 41.2 Å². The molecule has 1 unspecified atom stereocenters. The van der Waals surface area contributed by atoms with Crippen molar-refractivity contribution in [1.29, 1.82) is 0 Å². The van der Waals surface area contributed by atoms with E-state index < -0.39 is 11.9 Å². The highest BCUT2D eigenvalue weighted by Gasteiger charge is 2.38. The van der Waals surface area contributed by atoms with E-state index in [0.717, 1.165) is 53.6 Å². The SMILES string of the molecule is CN1CCC(c2ccc(-c3nc4c(s3)C(=O)N(C(C(=O)CCc3nccs3)c3cc(F)ccc3O)CC4)cc2)CC1. The van der Waals surface area contributed by atoms with Gasteiger partial charge >= 0.3 is 0 Å². The first-order valence-corrected chi connectivity index (χ1v) is 15.6. The number of piperidine rings is 1. The molecule has 2 aliphatic heterocycles. The monoisotopic (exact) mass is 590 g/mol. The molecule has 0 radical (unpaired) electrons. The summed E-state index contributed by atoms with van der Waals surface area (Å²) in [5, 5.41) is 14.0. The maximum Gasteiger partial charge on any atom is 0.266 e. The maximum atomic E-state index is 14.3. The van der Waals surface area contributed by atoms with Gasteiger partial charge < -0.3 is 14.9 Å². The van der Waals surface area contributed by atoms with Gasteiger partial charge in [0.25, 0.3) is 5.91 Å². The van der Waals surface area contributed by atoms with Crippen LogP contribution in [0.5, 0.6) is 5.75 Å². The summed E-state index contributed by atoms with van der Waals surface area (Å²) in [4.78, 5) is 40.8. The number of aryl methyl sites for hydroxylation is 1. The molecule has 2 aromatic carbocycles. The van der Waals surface area contributed by atoms with Gasteiger partial charge in [0.05, 0.1) is 10.7 Å². The van der Waals surface area contributed by atoms with Crippen molar-refractivity contribution in [1.82, 2.24) is 19.8 Å². The van der Waals surface area contributed by atoms with E-state index in [1.807, 2.05) is 5.38 Å². The molecule has 41 heavy (non-hydrogen) atoms. The summed E-state index contributed by atoms with van der Waals surface area (Å²) in [6.45, 7) is 2.45. The number of Topliss-reactive ketones (excluding diaryl/α,β-unsaturated/α-hetero) is 1. The quantitative estimate of drug-likeness (QED) is 0.277. The predicted octanol–water partition coefficient (Wildman–Crippen LogP) is 5.86. The van der Waals surface area contributed by atoms with Gasteiger partial charge in [-0.05, 0) is 62.7 Å². The van der Waals surface area contributed by atoms with Gasteiger partial charge in [-0.3, -0.25) is 9.59 Å². The number of aromatic hydroxyl groups is 1. The molecule has 7 nitrogen and oxygen atoms in total. The zero-order valence-corrected chi connectivity index (χ0v) is 24.4. The van der Waals surface area contributed by atoms with E-state index in [-0.39, 0.29) is 36.0 Å². The first-order valence-electron chi connectivity index (χ1n) is 13.9. The summed E-state index contributed by atoms with van der Waals surface area (Å²) in [6, 6.07) is 10.9. The van der Waals surface area contributed by atoms with Crippen LogP contribution >= 0.6 is 22.7 Å². The number of fused-ring (bicyclic) bond motifs is 1. The number of ketones is 1. The normalized spacial score (nSPS) is 17.0. The molecule has 212 valence electrons. The summed E-state index contributed by atoms with van der Waals surface area (Å²) in [7, 11) is 2.16. The molecule has 10 heteroatoms. The van der Waals surface area contributed by atoms with Crippen molar-refractivity contribution in [3.8, 4) is 16.3 Å². The lowest BCUT2D eigenvalue weighted by Gasteiger charge is -2.33. The Hall–Kier alpha value is -3.47. The Morgan fingerprint density at radius 2 is 1.93 bits per heavy atom. The third-order valence-corrected chi connectivity index (χ3v) is 10.0. The number of likely N-dealkylation sites (tertiary alicyclic amines) is 1. The van der Waals surface area contributed by atoms with Gasteiger partial charge in [-0.15, -0.1) is 22.7 Å². The second-order valence-corrected chi connectivity index (χ2v) is 12.7. The van der Waals surface area contributed by atoms with Crippen molar-refractivity contribution in [2.45, 2.75) is 44.1 Å². The van der Waals surface area contributed by atoms with E-state index in [4.69, 9.17) is 4.98 Å². The number of carbonyl (C=O) groups excluding carboxylic acids is 2. The van der Waals surface area contributed by atoms with Crippen LogP contribution in [0.1, 0.15) is 62.7 Å². The maximum absolute atomic E-state index is 14.3. The van der Waals surface area contributed by atoms with E-state index in [0.29, 0.717) is 29.3 Å². The van der Waals surface area contributed by atoms with Crippen molar-refractivity contribution < 1.29 is 19.1 Å². The number of aromatic nitrogens is 2. The highest BCUT2D eigenvalue weighted by Crippen LogP contribution is 2.38. The van der Waals surface area contributed by atoms with Crippen LogP contribution < -0.4 is 0 Å². The van der Waals surface area contributed by atoms with E-state index in [1.54, 1.807) is 6.20 Å². The van der Waals surface area contributed by atoms with Gasteiger partial charge in [0, 0.05) is 48.5 Å². The number of nitrogens with zero attached hydrogens (tertiary/aromatic N) is 4. The molecule has 6 rings (SSSR count). The zero-order valence-electron chi connectivity index (χ0n) is 22.8. The number of rotatable bonds is 8. The molecule has 1 saturated heterocycles. The van der Waals surface area contributed by atoms with Gasteiger partial charge in [-0.25, -0.2) is 14.4 Å². The lowest BCUT2D eigenvalue weighted by atomic mass is 9.89. The van der Waals surface area contributed by atoms with Crippen molar-refractivity contribution in [2.75, 3.05) is 26.7 Å². The molecule has 1 N–H and O–H groups in total. The number of hydrogen-bond donors (Lipinski definition) is 1. The van der Waals surface area contributed by atoms with Crippen LogP contribution in [0.15, 0.2) is 54.0 Å². The second kappa shape index (κ2) is 11.8. The van der Waals surface area contributed by atoms with Crippen molar-refractivity contribution in [2.24, 2.45) is 0 Å². The average molecular weight is 591 g/mol. The van der Waals surface area contributed by atoms with Gasteiger partial charge in [-0.2, -0.15) is 0 Å². The Kier molecular flexibility index (Phi) is 7.96.